The molecular formula is C12H20N2O2. The summed E-state index contributed by atoms with van der Waals surface area (Å²) in [5, 5.41) is 2.65. The standard InChI is InChI=1S/C12H20N2O2/c1-9-4-2-3-5-10(9)14-7-6-11(15)13-8-12(14)16/h9-10H,2-8H2,1H3,(H,13,15). The molecule has 1 aliphatic heterocycles. The van der Waals surface area contributed by atoms with Crippen LogP contribution in [0.25, 0.3) is 0 Å². The van der Waals surface area contributed by atoms with Crippen molar-refractivity contribution in [3.05, 3.63) is 0 Å². The van der Waals surface area contributed by atoms with Crippen molar-refractivity contribution >= 4 is 11.8 Å². The lowest BCUT2D eigenvalue weighted by Crippen LogP contribution is -2.46. The number of carbonyl (C=O) groups excluding carboxylic acids is 2. The molecule has 2 fully saturated rings. The van der Waals surface area contributed by atoms with Gasteiger partial charge in [-0.25, -0.2) is 0 Å². The molecule has 0 spiro atoms. The van der Waals surface area contributed by atoms with Gasteiger partial charge in [0.2, 0.25) is 11.8 Å². The molecule has 0 aromatic carbocycles. The summed E-state index contributed by atoms with van der Waals surface area (Å²) in [6.07, 6.45) is 5.24. The van der Waals surface area contributed by atoms with E-state index in [4.69, 9.17) is 0 Å². The summed E-state index contributed by atoms with van der Waals surface area (Å²) in [6.45, 7) is 3.00. The van der Waals surface area contributed by atoms with Gasteiger partial charge in [0.05, 0.1) is 6.54 Å². The maximum atomic E-state index is 11.9. The molecule has 0 aromatic rings. The van der Waals surface area contributed by atoms with E-state index in [0.29, 0.717) is 24.9 Å². The Hall–Kier alpha value is -1.06. The van der Waals surface area contributed by atoms with Gasteiger partial charge in [0, 0.05) is 19.0 Å². The normalized spacial score (nSPS) is 32.2. The first-order chi connectivity index (χ1) is 7.68. The summed E-state index contributed by atoms with van der Waals surface area (Å²) in [6, 6.07) is 0.356. The van der Waals surface area contributed by atoms with Gasteiger partial charge in [-0.1, -0.05) is 19.8 Å². The van der Waals surface area contributed by atoms with Gasteiger partial charge >= 0.3 is 0 Å². The van der Waals surface area contributed by atoms with E-state index in [-0.39, 0.29) is 18.4 Å². The van der Waals surface area contributed by atoms with Crippen LogP contribution in [0.15, 0.2) is 0 Å². The van der Waals surface area contributed by atoms with E-state index >= 15 is 0 Å². The van der Waals surface area contributed by atoms with Gasteiger partial charge in [-0.3, -0.25) is 9.59 Å². The molecule has 0 bridgehead atoms. The fraction of sp³-hybridized carbons (Fsp3) is 0.833. The maximum absolute atomic E-state index is 11.9. The number of rotatable bonds is 1. The molecular weight excluding hydrogens is 204 g/mol. The van der Waals surface area contributed by atoms with Gasteiger partial charge < -0.3 is 10.2 Å². The summed E-state index contributed by atoms with van der Waals surface area (Å²) in [7, 11) is 0. The molecule has 1 saturated carbocycles. The second-order valence-corrected chi connectivity index (χ2v) is 4.94. The Balaban J connectivity index is 2.05. The van der Waals surface area contributed by atoms with Crippen molar-refractivity contribution in [3.8, 4) is 0 Å². The van der Waals surface area contributed by atoms with Gasteiger partial charge in [0.1, 0.15) is 0 Å². The summed E-state index contributed by atoms with van der Waals surface area (Å²) >= 11 is 0. The Kier molecular flexibility index (Phi) is 3.46. The molecule has 1 saturated heterocycles. The van der Waals surface area contributed by atoms with E-state index in [1.54, 1.807) is 0 Å². The number of hydrogen-bond donors (Lipinski definition) is 1. The zero-order valence-corrected chi connectivity index (χ0v) is 9.87. The Morgan fingerprint density at radius 1 is 1.25 bits per heavy atom. The van der Waals surface area contributed by atoms with Crippen LogP contribution in [-0.2, 0) is 9.59 Å². The van der Waals surface area contributed by atoms with Crippen molar-refractivity contribution in [1.82, 2.24) is 10.2 Å². The second-order valence-electron chi connectivity index (χ2n) is 4.94. The highest BCUT2D eigenvalue weighted by atomic mass is 16.2. The van der Waals surface area contributed by atoms with Crippen LogP contribution in [-0.4, -0.2) is 35.8 Å². The predicted molar refractivity (Wildman–Crippen MR) is 60.8 cm³/mol. The van der Waals surface area contributed by atoms with Gasteiger partial charge in [-0.2, -0.15) is 0 Å². The molecule has 16 heavy (non-hydrogen) atoms. The quantitative estimate of drug-likeness (QED) is 0.720. The summed E-state index contributed by atoms with van der Waals surface area (Å²) < 4.78 is 0. The number of carbonyl (C=O) groups is 2. The first-order valence-electron chi connectivity index (χ1n) is 6.24. The summed E-state index contributed by atoms with van der Waals surface area (Å²) in [5.41, 5.74) is 0. The molecule has 0 aromatic heterocycles. The van der Waals surface area contributed by atoms with Crippen molar-refractivity contribution in [2.45, 2.75) is 45.1 Å². The highest BCUT2D eigenvalue weighted by Crippen LogP contribution is 2.28. The molecule has 2 aliphatic rings. The first-order valence-corrected chi connectivity index (χ1v) is 6.24. The van der Waals surface area contributed by atoms with Crippen molar-refractivity contribution < 1.29 is 9.59 Å². The topological polar surface area (TPSA) is 49.4 Å². The Bertz CT molecular complexity index is 291. The minimum Gasteiger partial charge on any atom is -0.347 e. The molecule has 1 N–H and O–H groups in total. The SMILES string of the molecule is CC1CCCCC1N1CCC(=O)NCC1=O. The number of amides is 2. The molecule has 4 heteroatoms. The van der Waals surface area contributed by atoms with Gasteiger partial charge in [0.15, 0.2) is 0 Å². The van der Waals surface area contributed by atoms with E-state index in [1.807, 2.05) is 4.90 Å². The van der Waals surface area contributed by atoms with Crippen molar-refractivity contribution in [1.29, 1.82) is 0 Å². The first kappa shape index (κ1) is 11.4. The highest BCUT2D eigenvalue weighted by Gasteiger charge is 2.31. The zero-order chi connectivity index (χ0) is 11.5. The maximum Gasteiger partial charge on any atom is 0.242 e. The van der Waals surface area contributed by atoms with Crippen molar-refractivity contribution in [2.75, 3.05) is 13.1 Å². The van der Waals surface area contributed by atoms with Crippen LogP contribution in [0.1, 0.15) is 39.0 Å². The lowest BCUT2D eigenvalue weighted by atomic mass is 9.85. The van der Waals surface area contributed by atoms with Gasteiger partial charge in [0.25, 0.3) is 0 Å². The smallest absolute Gasteiger partial charge is 0.242 e. The Morgan fingerprint density at radius 2 is 2.00 bits per heavy atom. The molecule has 2 amide bonds. The molecule has 1 aliphatic carbocycles. The van der Waals surface area contributed by atoms with Crippen LogP contribution in [0, 0.1) is 5.92 Å². The fourth-order valence-corrected chi connectivity index (χ4v) is 2.82. The minimum absolute atomic E-state index is 0.000637. The van der Waals surface area contributed by atoms with E-state index in [2.05, 4.69) is 12.2 Å². The Labute approximate surface area is 96.4 Å². The fourth-order valence-electron chi connectivity index (χ4n) is 2.82. The third kappa shape index (κ3) is 2.36. The largest absolute Gasteiger partial charge is 0.347 e. The lowest BCUT2D eigenvalue weighted by molar-refractivity contribution is -0.133. The minimum atomic E-state index is -0.000637. The molecule has 2 unspecified atom stereocenters. The molecule has 2 atom stereocenters. The molecule has 2 rings (SSSR count). The van der Waals surface area contributed by atoms with Crippen molar-refractivity contribution in [3.63, 3.8) is 0 Å². The number of hydrogen-bond acceptors (Lipinski definition) is 2. The van der Waals surface area contributed by atoms with Crippen molar-refractivity contribution in [2.24, 2.45) is 5.92 Å². The van der Waals surface area contributed by atoms with Gasteiger partial charge in [-0.15, -0.1) is 0 Å². The molecule has 4 nitrogen and oxygen atoms in total. The van der Waals surface area contributed by atoms with E-state index < -0.39 is 0 Å². The molecule has 90 valence electrons. The Morgan fingerprint density at radius 3 is 2.75 bits per heavy atom. The third-order valence-corrected chi connectivity index (χ3v) is 3.80. The number of nitrogens with one attached hydrogen (secondary N) is 1. The zero-order valence-electron chi connectivity index (χ0n) is 9.87. The monoisotopic (exact) mass is 224 g/mol. The van der Waals surface area contributed by atoms with Crippen LogP contribution < -0.4 is 5.32 Å². The highest BCUT2D eigenvalue weighted by molar-refractivity contribution is 5.87. The predicted octanol–water partition coefficient (Wildman–Crippen LogP) is 0.914. The van der Waals surface area contributed by atoms with Crippen LogP contribution >= 0.6 is 0 Å². The van der Waals surface area contributed by atoms with Crippen LogP contribution in [0.5, 0.6) is 0 Å². The summed E-state index contributed by atoms with van der Waals surface area (Å²) in [4.78, 5) is 25.1. The molecule has 0 radical (unpaired) electrons. The molecule has 1 heterocycles. The van der Waals surface area contributed by atoms with Crippen LogP contribution in [0.4, 0.5) is 0 Å². The van der Waals surface area contributed by atoms with E-state index in [0.717, 1.165) is 6.42 Å². The van der Waals surface area contributed by atoms with E-state index in [9.17, 15) is 9.59 Å². The second kappa shape index (κ2) is 4.85. The van der Waals surface area contributed by atoms with Gasteiger partial charge in [-0.05, 0) is 18.8 Å². The summed E-state index contributed by atoms with van der Waals surface area (Å²) in [5.74, 6) is 0.662. The number of nitrogens with zero attached hydrogens (tertiary/aromatic N) is 1. The lowest BCUT2D eigenvalue weighted by Gasteiger charge is -2.37. The van der Waals surface area contributed by atoms with E-state index in [1.165, 1.54) is 19.3 Å². The van der Waals surface area contributed by atoms with Crippen LogP contribution in [0.3, 0.4) is 0 Å². The average molecular weight is 224 g/mol. The average Bonchev–Trinajstić information content (AvgIpc) is 2.43. The van der Waals surface area contributed by atoms with Crippen LogP contribution in [0.2, 0.25) is 0 Å². The third-order valence-electron chi connectivity index (χ3n) is 3.80.